The van der Waals surface area contributed by atoms with Crippen molar-refractivity contribution in [2.24, 2.45) is 16.5 Å². The molecule has 0 aliphatic carbocycles. The van der Waals surface area contributed by atoms with Crippen molar-refractivity contribution in [3.63, 3.8) is 0 Å². The van der Waals surface area contributed by atoms with Gasteiger partial charge in [0.15, 0.2) is 5.96 Å². The molecule has 0 radical (unpaired) electrons. The molecule has 0 spiro atoms. The Kier molecular flexibility index (Phi) is 11.9. The van der Waals surface area contributed by atoms with Gasteiger partial charge in [0.1, 0.15) is 17.9 Å². The van der Waals surface area contributed by atoms with E-state index in [0.717, 1.165) is 5.56 Å². The van der Waals surface area contributed by atoms with E-state index in [-0.39, 0.29) is 24.9 Å². The van der Waals surface area contributed by atoms with Crippen LogP contribution < -0.4 is 22.1 Å². The maximum atomic E-state index is 14.1. The topological polar surface area (TPSA) is 169 Å². The van der Waals surface area contributed by atoms with Crippen molar-refractivity contribution in [2.75, 3.05) is 19.7 Å². The number of ether oxygens (including phenoxy) is 1. The van der Waals surface area contributed by atoms with Gasteiger partial charge in [0.2, 0.25) is 11.8 Å². The van der Waals surface area contributed by atoms with E-state index in [9.17, 15) is 19.2 Å². The summed E-state index contributed by atoms with van der Waals surface area (Å²) in [4.78, 5) is 56.9. The molecular weight excluding hydrogens is 476 g/mol. The molecule has 6 N–H and O–H groups in total. The lowest BCUT2D eigenvalue weighted by atomic mass is 9.84. The number of likely N-dealkylation sites (tertiary alicyclic amines) is 1. The number of guanidine groups is 1. The number of carbonyl (C=O) groups is 4. The van der Waals surface area contributed by atoms with E-state index in [2.05, 4.69) is 15.6 Å². The number of amides is 3. The van der Waals surface area contributed by atoms with Crippen molar-refractivity contribution in [3.05, 3.63) is 35.9 Å². The van der Waals surface area contributed by atoms with Crippen molar-refractivity contribution in [2.45, 2.75) is 76.4 Å². The highest BCUT2D eigenvalue weighted by molar-refractivity contribution is 5.95. The molecule has 0 unspecified atom stereocenters. The smallest absolute Gasteiger partial charge is 0.407 e. The van der Waals surface area contributed by atoms with E-state index in [1.807, 2.05) is 37.3 Å². The van der Waals surface area contributed by atoms with Crippen LogP contribution in [0, 0.1) is 0 Å². The van der Waals surface area contributed by atoms with Crippen molar-refractivity contribution >= 4 is 30.2 Å². The lowest BCUT2D eigenvalue weighted by Gasteiger charge is -2.38. The SMILES string of the molecule is CCC[C@@](Cc1ccccc1)(NC(=O)OCC)C(=O)N1CCC[C@H]1C(=O)N[C@H](C=O)CCCN=C(N)N. The van der Waals surface area contributed by atoms with Gasteiger partial charge in [0, 0.05) is 19.5 Å². The number of nitrogens with two attached hydrogens (primary N) is 2. The fraction of sp³-hybridized carbons (Fsp3) is 0.577. The van der Waals surface area contributed by atoms with E-state index in [1.54, 1.807) is 6.92 Å². The first kappa shape index (κ1) is 29.6. The van der Waals surface area contributed by atoms with Crippen molar-refractivity contribution in [1.29, 1.82) is 0 Å². The quantitative estimate of drug-likeness (QED) is 0.125. The molecule has 11 heteroatoms. The predicted octanol–water partition coefficient (Wildman–Crippen LogP) is 1.24. The van der Waals surface area contributed by atoms with Crippen LogP contribution in [0.2, 0.25) is 0 Å². The van der Waals surface area contributed by atoms with Crippen LogP contribution in [0.1, 0.15) is 57.9 Å². The first-order valence-electron chi connectivity index (χ1n) is 12.9. The Morgan fingerprint density at radius 2 is 1.97 bits per heavy atom. The molecule has 11 nitrogen and oxygen atoms in total. The molecule has 1 fully saturated rings. The molecule has 204 valence electrons. The number of aliphatic imine (C=N–C) groups is 1. The normalized spacial score (nSPS) is 17.2. The predicted molar refractivity (Wildman–Crippen MR) is 141 cm³/mol. The number of rotatable bonds is 14. The molecule has 3 amide bonds. The molecule has 37 heavy (non-hydrogen) atoms. The van der Waals surface area contributed by atoms with Crippen LogP contribution >= 0.6 is 0 Å². The van der Waals surface area contributed by atoms with Gasteiger partial charge in [-0.3, -0.25) is 14.6 Å². The summed E-state index contributed by atoms with van der Waals surface area (Å²) in [6.07, 6.45) is 3.21. The summed E-state index contributed by atoms with van der Waals surface area (Å²) in [6.45, 7) is 4.51. The third-order valence-electron chi connectivity index (χ3n) is 6.33. The third kappa shape index (κ3) is 8.76. The zero-order chi connectivity index (χ0) is 27.3. The van der Waals surface area contributed by atoms with E-state index >= 15 is 0 Å². The fourth-order valence-corrected chi connectivity index (χ4v) is 4.69. The fourth-order valence-electron chi connectivity index (χ4n) is 4.69. The van der Waals surface area contributed by atoms with Gasteiger partial charge in [-0.25, -0.2) is 4.79 Å². The van der Waals surface area contributed by atoms with Crippen molar-refractivity contribution in [3.8, 4) is 0 Å². The Morgan fingerprint density at radius 3 is 2.59 bits per heavy atom. The molecular formula is C26H40N6O5. The summed E-state index contributed by atoms with van der Waals surface area (Å²) >= 11 is 0. The highest BCUT2D eigenvalue weighted by Crippen LogP contribution is 2.28. The molecule has 1 saturated heterocycles. The second kappa shape index (κ2) is 14.8. The molecule has 0 saturated carbocycles. The van der Waals surface area contributed by atoms with Crippen LogP contribution in [0.25, 0.3) is 0 Å². The lowest BCUT2D eigenvalue weighted by Crippen LogP contribution is -2.63. The summed E-state index contributed by atoms with van der Waals surface area (Å²) in [5, 5.41) is 5.59. The molecule has 0 bridgehead atoms. The van der Waals surface area contributed by atoms with Crippen LogP contribution in [-0.4, -0.2) is 72.4 Å². The Hall–Kier alpha value is -3.63. The summed E-state index contributed by atoms with van der Waals surface area (Å²) in [7, 11) is 0. The van der Waals surface area contributed by atoms with Gasteiger partial charge in [-0.1, -0.05) is 43.7 Å². The van der Waals surface area contributed by atoms with Gasteiger partial charge < -0.3 is 36.5 Å². The summed E-state index contributed by atoms with van der Waals surface area (Å²) in [5.74, 6) is -0.764. The van der Waals surface area contributed by atoms with Gasteiger partial charge in [-0.15, -0.1) is 0 Å². The molecule has 1 aliphatic rings. The zero-order valence-electron chi connectivity index (χ0n) is 21.8. The second-order valence-corrected chi connectivity index (χ2v) is 9.20. The Balaban J connectivity index is 2.24. The first-order valence-corrected chi connectivity index (χ1v) is 12.9. The maximum absolute atomic E-state index is 14.1. The zero-order valence-corrected chi connectivity index (χ0v) is 21.8. The van der Waals surface area contributed by atoms with Crippen LogP contribution in [0.3, 0.4) is 0 Å². The van der Waals surface area contributed by atoms with Crippen LogP contribution in [0.5, 0.6) is 0 Å². The number of aldehydes is 1. The second-order valence-electron chi connectivity index (χ2n) is 9.20. The van der Waals surface area contributed by atoms with Gasteiger partial charge in [-0.05, 0) is 44.6 Å². The van der Waals surface area contributed by atoms with E-state index in [4.69, 9.17) is 16.2 Å². The molecule has 1 heterocycles. The third-order valence-corrected chi connectivity index (χ3v) is 6.33. The first-order chi connectivity index (χ1) is 17.8. The number of benzene rings is 1. The average Bonchev–Trinajstić information content (AvgIpc) is 3.36. The molecule has 1 aromatic rings. The largest absolute Gasteiger partial charge is 0.450 e. The van der Waals surface area contributed by atoms with E-state index in [1.165, 1.54) is 4.90 Å². The average molecular weight is 517 g/mol. The van der Waals surface area contributed by atoms with Gasteiger partial charge in [-0.2, -0.15) is 0 Å². The van der Waals surface area contributed by atoms with Crippen LogP contribution in [0.4, 0.5) is 4.79 Å². The number of nitrogens with one attached hydrogen (secondary N) is 2. The van der Waals surface area contributed by atoms with Crippen LogP contribution in [-0.2, 0) is 25.5 Å². The molecule has 0 aromatic heterocycles. The number of nitrogens with zero attached hydrogens (tertiary/aromatic N) is 2. The van der Waals surface area contributed by atoms with E-state index < -0.39 is 29.6 Å². The molecule has 2 rings (SSSR count). The van der Waals surface area contributed by atoms with Crippen LogP contribution in [0.15, 0.2) is 35.3 Å². The number of hydrogen-bond donors (Lipinski definition) is 4. The van der Waals surface area contributed by atoms with Crippen molar-refractivity contribution < 1.29 is 23.9 Å². The minimum absolute atomic E-state index is 0.0331. The molecule has 1 aromatic carbocycles. The van der Waals surface area contributed by atoms with E-state index in [0.29, 0.717) is 57.9 Å². The number of carbonyl (C=O) groups excluding carboxylic acids is 4. The summed E-state index contributed by atoms with van der Waals surface area (Å²) in [6, 6.07) is 7.96. The summed E-state index contributed by atoms with van der Waals surface area (Å²) in [5.41, 5.74) is 10.2. The Bertz CT molecular complexity index is 937. The minimum atomic E-state index is -1.28. The minimum Gasteiger partial charge on any atom is -0.450 e. The molecule has 3 atom stereocenters. The van der Waals surface area contributed by atoms with Gasteiger partial charge in [0.25, 0.3) is 0 Å². The van der Waals surface area contributed by atoms with Gasteiger partial charge >= 0.3 is 6.09 Å². The van der Waals surface area contributed by atoms with Crippen molar-refractivity contribution in [1.82, 2.24) is 15.5 Å². The number of hydrogen-bond acceptors (Lipinski definition) is 6. The molecule has 1 aliphatic heterocycles. The Labute approximate surface area is 218 Å². The van der Waals surface area contributed by atoms with Gasteiger partial charge in [0.05, 0.1) is 12.6 Å². The number of alkyl carbamates (subject to hydrolysis) is 1. The standard InChI is InChI=1S/C26H40N6O5/c1-3-14-26(31-25(36)37-4-2,17-19-10-6-5-7-11-19)23(35)32-16-9-13-21(32)22(34)30-20(18-33)12-8-15-29-24(27)28/h5-7,10-11,18,20-21H,3-4,8-9,12-17H2,1-2H3,(H,30,34)(H,31,36)(H4,27,28,29)/t20-,21-,26-/m0/s1. The maximum Gasteiger partial charge on any atom is 0.407 e. The highest BCUT2D eigenvalue weighted by atomic mass is 16.5. The summed E-state index contributed by atoms with van der Waals surface area (Å²) < 4.78 is 5.13. The lowest BCUT2D eigenvalue weighted by molar-refractivity contribution is -0.144. The highest BCUT2D eigenvalue weighted by Gasteiger charge is 2.47. The monoisotopic (exact) mass is 516 g/mol. The Morgan fingerprint density at radius 1 is 1.24 bits per heavy atom.